The first kappa shape index (κ1) is 23.1. The summed E-state index contributed by atoms with van der Waals surface area (Å²) in [5.74, 6) is -5.71. The van der Waals surface area contributed by atoms with Crippen LogP contribution < -0.4 is 0 Å². The average molecular weight is 454 g/mol. The van der Waals surface area contributed by atoms with Crippen molar-refractivity contribution in [3.8, 4) is 0 Å². The fourth-order valence-electron chi connectivity index (χ4n) is 5.87. The van der Waals surface area contributed by atoms with E-state index in [9.17, 15) is 19.2 Å². The minimum Gasteiger partial charge on any atom is -0.463 e. The number of carbonyl (C=O) groups excluding carboxylic acids is 4. The van der Waals surface area contributed by atoms with E-state index in [1.807, 2.05) is 0 Å². The molecule has 1 aliphatic carbocycles. The quantitative estimate of drug-likeness (QED) is 0.333. The van der Waals surface area contributed by atoms with Gasteiger partial charge in [-0.3, -0.25) is 14.4 Å². The monoisotopic (exact) mass is 454 g/mol. The molecule has 4 aliphatic rings. The minimum absolute atomic E-state index is 0.0109. The summed E-state index contributed by atoms with van der Waals surface area (Å²) in [4.78, 5) is 53.7. The number of cyclic esters (lactones) is 2. The van der Waals surface area contributed by atoms with Crippen LogP contribution in [0.5, 0.6) is 0 Å². The third kappa shape index (κ3) is 3.18. The first-order chi connectivity index (χ1) is 15.3. The van der Waals surface area contributed by atoms with Crippen LogP contribution in [0.2, 0.25) is 0 Å². The molecule has 0 N–H and O–H groups in total. The molecule has 2 bridgehead atoms. The van der Waals surface area contributed by atoms with Gasteiger partial charge >= 0.3 is 17.9 Å². The fourth-order valence-corrected chi connectivity index (χ4v) is 5.87. The Hall–Kier alpha value is -2.04. The van der Waals surface area contributed by atoms with E-state index in [1.54, 1.807) is 13.8 Å². The van der Waals surface area contributed by atoms with Gasteiger partial charge in [0.1, 0.15) is 25.0 Å². The van der Waals surface area contributed by atoms with E-state index >= 15 is 0 Å². The zero-order chi connectivity index (χ0) is 23.0. The van der Waals surface area contributed by atoms with Crippen molar-refractivity contribution in [2.75, 3.05) is 46.2 Å². The standard InChI is InChI=1S/C22H30O10/c1-3-29-19(26)22-15-14(21(32-22)7-5-4-6-20(21,2)18(22)25)16(23)30-12-10-27-8-9-28-11-13-31-17(15)24/h14-15H,3-13H2,1-2H3/t14-,15+,20-,21+,22-/m1/s1. The van der Waals surface area contributed by atoms with Crippen LogP contribution in [-0.4, -0.2) is 81.1 Å². The fraction of sp³-hybridized carbons (Fsp3) is 0.818. The van der Waals surface area contributed by atoms with Gasteiger partial charge in [-0.25, -0.2) is 4.79 Å². The van der Waals surface area contributed by atoms with Gasteiger partial charge in [-0.2, -0.15) is 0 Å². The lowest BCUT2D eigenvalue weighted by molar-refractivity contribution is -0.181. The molecule has 32 heavy (non-hydrogen) atoms. The maximum absolute atomic E-state index is 13.8. The second-order valence-corrected chi connectivity index (χ2v) is 8.83. The molecular formula is C22H30O10. The number of esters is 3. The van der Waals surface area contributed by atoms with Crippen LogP contribution in [0.15, 0.2) is 0 Å². The van der Waals surface area contributed by atoms with E-state index in [-0.39, 0.29) is 39.6 Å². The first-order valence-corrected chi connectivity index (χ1v) is 11.3. The highest BCUT2D eigenvalue weighted by Crippen LogP contribution is 2.69. The van der Waals surface area contributed by atoms with Gasteiger partial charge in [0.05, 0.1) is 44.1 Å². The van der Waals surface area contributed by atoms with E-state index in [2.05, 4.69) is 0 Å². The van der Waals surface area contributed by atoms with Gasteiger partial charge in [0, 0.05) is 0 Å². The van der Waals surface area contributed by atoms with E-state index in [4.69, 9.17) is 28.4 Å². The largest absolute Gasteiger partial charge is 0.463 e. The Morgan fingerprint density at radius 1 is 0.906 bits per heavy atom. The van der Waals surface area contributed by atoms with Crippen LogP contribution in [0.4, 0.5) is 0 Å². The maximum Gasteiger partial charge on any atom is 0.347 e. The van der Waals surface area contributed by atoms with Crippen molar-refractivity contribution in [1.82, 2.24) is 0 Å². The molecule has 1 spiro atoms. The molecule has 178 valence electrons. The third-order valence-corrected chi connectivity index (χ3v) is 7.27. The van der Waals surface area contributed by atoms with Crippen LogP contribution in [0, 0.1) is 17.3 Å². The summed E-state index contributed by atoms with van der Waals surface area (Å²) in [6.45, 7) is 4.03. The van der Waals surface area contributed by atoms with Gasteiger partial charge < -0.3 is 28.4 Å². The van der Waals surface area contributed by atoms with Gasteiger partial charge in [-0.05, 0) is 26.7 Å². The first-order valence-electron chi connectivity index (χ1n) is 11.3. The average Bonchev–Trinajstić information content (AvgIpc) is 3.19. The topological polar surface area (TPSA) is 124 Å². The van der Waals surface area contributed by atoms with E-state index in [1.165, 1.54) is 0 Å². The molecule has 3 heterocycles. The number of carbonyl (C=O) groups is 4. The van der Waals surface area contributed by atoms with Crippen LogP contribution in [-0.2, 0) is 47.6 Å². The zero-order valence-corrected chi connectivity index (χ0v) is 18.5. The SMILES string of the molecule is CCOC(=O)[C@]12O[C@@]3(CCCC[C@]3(C)C1=O)[C@H]1C(=O)OCCOCCOCCOC(=O)[C@H]12. The highest BCUT2D eigenvalue weighted by molar-refractivity contribution is 6.17. The molecule has 0 amide bonds. The Morgan fingerprint density at radius 2 is 1.47 bits per heavy atom. The van der Waals surface area contributed by atoms with Crippen LogP contribution >= 0.6 is 0 Å². The predicted octanol–water partition coefficient (Wildman–Crippen LogP) is 0.586. The molecule has 1 saturated carbocycles. The second-order valence-electron chi connectivity index (χ2n) is 8.83. The number of hydrogen-bond donors (Lipinski definition) is 0. The van der Waals surface area contributed by atoms with Crippen LogP contribution in [0.25, 0.3) is 0 Å². The molecule has 3 aliphatic heterocycles. The van der Waals surface area contributed by atoms with Crippen molar-refractivity contribution < 1.29 is 47.6 Å². The van der Waals surface area contributed by atoms with Gasteiger partial charge in [0.2, 0.25) is 5.60 Å². The molecule has 0 aromatic carbocycles. The molecule has 0 aromatic heterocycles. The summed E-state index contributed by atoms with van der Waals surface area (Å²) >= 11 is 0. The Morgan fingerprint density at radius 3 is 2.09 bits per heavy atom. The van der Waals surface area contributed by atoms with Crippen molar-refractivity contribution in [1.29, 1.82) is 0 Å². The van der Waals surface area contributed by atoms with Gasteiger partial charge in [-0.15, -0.1) is 0 Å². The highest BCUT2D eigenvalue weighted by atomic mass is 16.6. The molecule has 0 aromatic rings. The van der Waals surface area contributed by atoms with E-state index in [0.717, 1.165) is 6.42 Å². The summed E-state index contributed by atoms with van der Waals surface area (Å²) in [5.41, 5.74) is -4.70. The lowest BCUT2D eigenvalue weighted by Crippen LogP contribution is -2.65. The number of ketones is 1. The van der Waals surface area contributed by atoms with Crippen molar-refractivity contribution in [2.45, 2.75) is 50.7 Å². The lowest BCUT2D eigenvalue weighted by atomic mass is 9.50. The van der Waals surface area contributed by atoms with Crippen molar-refractivity contribution >= 4 is 23.7 Å². The van der Waals surface area contributed by atoms with Crippen molar-refractivity contribution in [2.24, 2.45) is 17.3 Å². The van der Waals surface area contributed by atoms with Crippen molar-refractivity contribution in [3.05, 3.63) is 0 Å². The molecule has 4 rings (SSSR count). The summed E-state index contributed by atoms with van der Waals surface area (Å²) in [6.07, 6.45) is 2.22. The van der Waals surface area contributed by atoms with Gasteiger partial charge in [0.15, 0.2) is 5.78 Å². The Kier molecular flexibility index (Phi) is 6.30. The van der Waals surface area contributed by atoms with E-state index < -0.39 is 52.1 Å². The van der Waals surface area contributed by atoms with Gasteiger partial charge in [0.25, 0.3) is 0 Å². The molecular weight excluding hydrogens is 424 g/mol. The van der Waals surface area contributed by atoms with Crippen LogP contribution in [0.1, 0.15) is 39.5 Å². The Bertz CT molecular complexity index is 796. The molecule has 0 radical (unpaired) electrons. The molecule has 0 unspecified atom stereocenters. The smallest absolute Gasteiger partial charge is 0.347 e. The van der Waals surface area contributed by atoms with E-state index in [0.29, 0.717) is 25.9 Å². The molecule has 4 fully saturated rings. The number of fused-ring (bicyclic) bond motifs is 3. The Balaban J connectivity index is 1.81. The normalized spacial score (nSPS) is 40.5. The summed E-state index contributed by atoms with van der Waals surface area (Å²) in [7, 11) is 0. The minimum atomic E-state index is -2.23. The number of Topliss-reactive ketones (excluding diaryl/α,β-unsaturated/α-hetero) is 1. The summed E-state index contributed by atoms with van der Waals surface area (Å²) in [5, 5.41) is 0. The molecule has 5 atom stereocenters. The molecule has 10 heteroatoms. The second kappa shape index (κ2) is 8.72. The maximum atomic E-state index is 13.8. The number of rotatable bonds is 2. The summed E-state index contributed by atoms with van der Waals surface area (Å²) < 4.78 is 33.1. The number of hydrogen-bond acceptors (Lipinski definition) is 10. The third-order valence-electron chi connectivity index (χ3n) is 7.27. The highest BCUT2D eigenvalue weighted by Gasteiger charge is 2.87. The number of ether oxygens (including phenoxy) is 6. The van der Waals surface area contributed by atoms with Gasteiger partial charge in [-0.1, -0.05) is 12.8 Å². The lowest BCUT2D eigenvalue weighted by Gasteiger charge is -2.49. The van der Waals surface area contributed by atoms with Crippen molar-refractivity contribution in [3.63, 3.8) is 0 Å². The molecule has 3 saturated heterocycles. The predicted molar refractivity (Wildman–Crippen MR) is 105 cm³/mol. The summed E-state index contributed by atoms with van der Waals surface area (Å²) in [6, 6.07) is 0. The Labute approximate surface area is 186 Å². The van der Waals surface area contributed by atoms with Crippen LogP contribution in [0.3, 0.4) is 0 Å². The molecule has 10 nitrogen and oxygen atoms in total. The zero-order valence-electron chi connectivity index (χ0n) is 18.5.